The summed E-state index contributed by atoms with van der Waals surface area (Å²) in [6.45, 7) is 0. The minimum absolute atomic E-state index is 0.162. The van der Waals surface area contributed by atoms with Crippen molar-refractivity contribution in [2.24, 2.45) is 0 Å². The first-order valence-corrected chi connectivity index (χ1v) is 11.4. The average Bonchev–Trinajstić information content (AvgIpc) is 3.59. The highest BCUT2D eigenvalue weighted by molar-refractivity contribution is 6.04. The first-order chi connectivity index (χ1) is 17.7. The molecular weight excluding hydrogens is 454 g/mol. The van der Waals surface area contributed by atoms with Crippen molar-refractivity contribution in [2.45, 2.75) is 12.8 Å². The number of hydrogen-bond acceptors (Lipinski definition) is 5. The predicted molar refractivity (Wildman–Crippen MR) is 137 cm³/mol. The molecule has 0 saturated carbocycles. The van der Waals surface area contributed by atoms with Gasteiger partial charge in [-0.05, 0) is 42.0 Å². The minimum atomic E-state index is -0.289. The third kappa shape index (κ3) is 5.36. The molecule has 5 aromatic rings. The third-order valence-electron chi connectivity index (χ3n) is 5.51. The van der Waals surface area contributed by atoms with E-state index < -0.39 is 0 Å². The quantitative estimate of drug-likeness (QED) is 0.305. The number of hydrogen-bond donors (Lipinski definition) is 3. The van der Waals surface area contributed by atoms with Crippen LogP contribution in [-0.2, 0) is 11.2 Å². The first-order valence-electron chi connectivity index (χ1n) is 11.4. The van der Waals surface area contributed by atoms with Gasteiger partial charge in [0.05, 0.1) is 11.9 Å². The molecule has 3 aromatic heterocycles. The van der Waals surface area contributed by atoms with E-state index in [-0.39, 0.29) is 18.2 Å². The number of imidazole rings is 1. The number of rotatable bonds is 8. The molecule has 178 valence electrons. The molecule has 2 amide bonds. The van der Waals surface area contributed by atoms with E-state index in [1.54, 1.807) is 42.9 Å². The number of pyridine rings is 1. The fourth-order valence-corrected chi connectivity index (χ4v) is 3.73. The Morgan fingerprint density at radius 1 is 0.917 bits per heavy atom. The van der Waals surface area contributed by atoms with Crippen LogP contribution < -0.4 is 10.6 Å². The molecule has 0 bridgehead atoms. The van der Waals surface area contributed by atoms with Crippen LogP contribution >= 0.6 is 0 Å². The van der Waals surface area contributed by atoms with Crippen LogP contribution in [0.5, 0.6) is 0 Å². The predicted octanol–water partition coefficient (Wildman–Crippen LogP) is 4.48. The van der Waals surface area contributed by atoms with Crippen molar-refractivity contribution in [3.63, 3.8) is 0 Å². The van der Waals surface area contributed by atoms with Gasteiger partial charge < -0.3 is 5.32 Å². The van der Waals surface area contributed by atoms with E-state index >= 15 is 0 Å². The van der Waals surface area contributed by atoms with E-state index in [9.17, 15) is 9.59 Å². The lowest BCUT2D eigenvalue weighted by Crippen LogP contribution is -2.15. The van der Waals surface area contributed by atoms with Gasteiger partial charge in [-0.2, -0.15) is 5.10 Å². The third-order valence-corrected chi connectivity index (χ3v) is 5.51. The van der Waals surface area contributed by atoms with Gasteiger partial charge in [-0.3, -0.25) is 24.6 Å². The van der Waals surface area contributed by atoms with Crippen LogP contribution in [0.2, 0.25) is 0 Å². The Labute approximate surface area is 207 Å². The highest BCUT2D eigenvalue weighted by atomic mass is 16.2. The molecule has 36 heavy (non-hydrogen) atoms. The molecule has 0 aliphatic carbocycles. The minimum Gasteiger partial charge on any atom is -0.311 e. The summed E-state index contributed by atoms with van der Waals surface area (Å²) >= 11 is 0. The Hall–Kier alpha value is -5.05. The summed E-state index contributed by atoms with van der Waals surface area (Å²) in [5, 5.41) is 12.5. The molecule has 9 heteroatoms. The van der Waals surface area contributed by atoms with Crippen molar-refractivity contribution >= 4 is 23.6 Å². The summed E-state index contributed by atoms with van der Waals surface area (Å²) in [7, 11) is 0. The Bertz CT molecular complexity index is 1460. The highest BCUT2D eigenvalue weighted by Gasteiger charge is 2.16. The standard InChI is InChI=1S/C27H23N7O2/c35-25(32-24-11-4-5-14-28-24)13-12-22-18-34(23-9-2-1-3-10-23)27(31-22)33-26(36)20-8-6-7-19(15-20)21-16-29-30-17-21/h1-11,14-18H,12-13H2,(H,29,30)(H,28,32,35)(H,31,33,36). The molecule has 3 heterocycles. The number of aryl methyl sites for hydroxylation is 1. The van der Waals surface area contributed by atoms with Crippen LogP contribution in [0.1, 0.15) is 22.5 Å². The van der Waals surface area contributed by atoms with Gasteiger partial charge in [-0.25, -0.2) is 9.97 Å². The molecule has 5 rings (SSSR count). The molecule has 0 radical (unpaired) electrons. The van der Waals surface area contributed by atoms with Crippen molar-refractivity contribution in [3.05, 3.63) is 109 Å². The van der Waals surface area contributed by atoms with E-state index in [0.29, 0.717) is 29.4 Å². The molecule has 9 nitrogen and oxygen atoms in total. The van der Waals surface area contributed by atoms with Crippen LogP contribution in [0.3, 0.4) is 0 Å². The van der Waals surface area contributed by atoms with Crippen molar-refractivity contribution in [2.75, 3.05) is 10.6 Å². The zero-order chi connectivity index (χ0) is 24.7. The lowest BCUT2D eigenvalue weighted by Gasteiger charge is -2.09. The SMILES string of the molecule is O=C(CCc1cn(-c2ccccc2)c(NC(=O)c2cccc(-c3cn[nH]c3)c2)n1)Nc1ccccn1. The van der Waals surface area contributed by atoms with E-state index in [0.717, 1.165) is 16.8 Å². The fraction of sp³-hybridized carbons (Fsp3) is 0.0741. The van der Waals surface area contributed by atoms with Crippen LogP contribution in [0, 0.1) is 0 Å². The summed E-state index contributed by atoms with van der Waals surface area (Å²) in [5.74, 6) is 0.426. The fourth-order valence-electron chi connectivity index (χ4n) is 3.73. The van der Waals surface area contributed by atoms with Crippen LogP contribution in [0.4, 0.5) is 11.8 Å². The van der Waals surface area contributed by atoms with E-state index in [1.807, 2.05) is 59.3 Å². The summed E-state index contributed by atoms with van der Waals surface area (Å²) in [6.07, 6.45) is 7.56. The molecule has 0 saturated heterocycles. The highest BCUT2D eigenvalue weighted by Crippen LogP contribution is 2.21. The number of carbonyl (C=O) groups is 2. The maximum absolute atomic E-state index is 13.1. The van der Waals surface area contributed by atoms with Gasteiger partial charge in [0, 0.05) is 48.2 Å². The zero-order valence-corrected chi connectivity index (χ0v) is 19.3. The Balaban J connectivity index is 1.34. The Morgan fingerprint density at radius 2 is 1.78 bits per heavy atom. The van der Waals surface area contributed by atoms with E-state index in [4.69, 9.17) is 0 Å². The number of aromatic nitrogens is 5. The summed E-state index contributed by atoms with van der Waals surface area (Å²) < 4.78 is 1.81. The van der Waals surface area contributed by atoms with Gasteiger partial charge >= 0.3 is 0 Å². The van der Waals surface area contributed by atoms with Crippen molar-refractivity contribution in [1.29, 1.82) is 0 Å². The average molecular weight is 478 g/mol. The summed E-state index contributed by atoms with van der Waals surface area (Å²) in [4.78, 5) is 34.3. The van der Waals surface area contributed by atoms with Gasteiger partial charge in [0.2, 0.25) is 11.9 Å². The number of amides is 2. The van der Waals surface area contributed by atoms with Gasteiger partial charge in [-0.1, -0.05) is 36.4 Å². The number of aromatic amines is 1. The molecule has 0 unspecified atom stereocenters. The van der Waals surface area contributed by atoms with Gasteiger partial charge in [0.1, 0.15) is 5.82 Å². The van der Waals surface area contributed by atoms with Crippen LogP contribution in [-0.4, -0.2) is 36.5 Å². The van der Waals surface area contributed by atoms with Gasteiger partial charge in [0.25, 0.3) is 5.91 Å². The second kappa shape index (κ2) is 10.5. The molecule has 0 atom stereocenters. The molecule has 0 aliphatic heterocycles. The first kappa shape index (κ1) is 22.7. The second-order valence-corrected chi connectivity index (χ2v) is 8.05. The zero-order valence-electron chi connectivity index (χ0n) is 19.3. The molecule has 0 fully saturated rings. The van der Waals surface area contributed by atoms with Crippen LogP contribution in [0.15, 0.2) is 97.6 Å². The van der Waals surface area contributed by atoms with Crippen molar-refractivity contribution in [3.8, 4) is 16.8 Å². The Morgan fingerprint density at radius 3 is 2.56 bits per heavy atom. The number of benzene rings is 2. The normalized spacial score (nSPS) is 10.7. The number of H-pyrrole nitrogens is 1. The number of nitrogens with one attached hydrogen (secondary N) is 3. The van der Waals surface area contributed by atoms with E-state index in [2.05, 4.69) is 30.8 Å². The largest absolute Gasteiger partial charge is 0.311 e. The number of nitrogens with zero attached hydrogens (tertiary/aromatic N) is 4. The molecule has 2 aromatic carbocycles. The van der Waals surface area contributed by atoms with Crippen molar-refractivity contribution < 1.29 is 9.59 Å². The monoisotopic (exact) mass is 477 g/mol. The second-order valence-electron chi connectivity index (χ2n) is 8.05. The summed E-state index contributed by atoms with van der Waals surface area (Å²) in [6, 6.07) is 22.2. The van der Waals surface area contributed by atoms with Crippen LogP contribution in [0.25, 0.3) is 16.8 Å². The molecule has 0 spiro atoms. The maximum Gasteiger partial charge on any atom is 0.258 e. The molecular formula is C27H23N7O2. The van der Waals surface area contributed by atoms with E-state index in [1.165, 1.54) is 0 Å². The lowest BCUT2D eigenvalue weighted by atomic mass is 10.1. The molecule has 3 N–H and O–H groups in total. The number of para-hydroxylation sites is 1. The number of anilines is 2. The summed E-state index contributed by atoms with van der Waals surface area (Å²) in [5.41, 5.74) is 3.78. The van der Waals surface area contributed by atoms with Gasteiger partial charge in [-0.15, -0.1) is 0 Å². The maximum atomic E-state index is 13.1. The topological polar surface area (TPSA) is 118 Å². The smallest absolute Gasteiger partial charge is 0.258 e. The van der Waals surface area contributed by atoms with Crippen molar-refractivity contribution in [1.82, 2.24) is 24.7 Å². The lowest BCUT2D eigenvalue weighted by molar-refractivity contribution is -0.116. The van der Waals surface area contributed by atoms with Gasteiger partial charge in [0.15, 0.2) is 0 Å². The molecule has 0 aliphatic rings. The number of carbonyl (C=O) groups excluding carboxylic acids is 2. The Kier molecular flexibility index (Phi) is 6.61.